The van der Waals surface area contributed by atoms with Crippen molar-refractivity contribution >= 4 is 0 Å². The lowest BCUT2D eigenvalue weighted by Gasteiger charge is -1.80. The van der Waals surface area contributed by atoms with Crippen molar-refractivity contribution in [3.63, 3.8) is 0 Å². The molecule has 0 aliphatic heterocycles. The molecule has 0 amide bonds. The van der Waals surface area contributed by atoms with E-state index in [1.807, 2.05) is 0 Å². The maximum absolute atomic E-state index is 8.06. The van der Waals surface area contributed by atoms with Crippen LogP contribution in [-0.4, -0.2) is 11.2 Å². The standard InChI is InChI=1S/C3H8O.ClH/c1-3(2)4;/h3-4H,1-2H3;1H/p-1. The van der Waals surface area contributed by atoms with Crippen molar-refractivity contribution in [3.05, 3.63) is 0 Å². The molecule has 1 N–H and O–H groups in total. The van der Waals surface area contributed by atoms with Crippen LogP contribution in [0.5, 0.6) is 0 Å². The van der Waals surface area contributed by atoms with Crippen LogP contribution in [0, 0.1) is 0 Å². The van der Waals surface area contributed by atoms with E-state index in [0.29, 0.717) is 0 Å². The molecule has 0 saturated heterocycles. The molecule has 2 heteroatoms. The summed E-state index contributed by atoms with van der Waals surface area (Å²) in [6, 6.07) is 0. The molecule has 1 nitrogen and oxygen atoms in total. The number of halogens is 1. The van der Waals surface area contributed by atoms with Gasteiger partial charge in [-0.1, -0.05) is 0 Å². The van der Waals surface area contributed by atoms with Crippen molar-refractivity contribution in [1.82, 2.24) is 0 Å². The number of rotatable bonds is 0. The van der Waals surface area contributed by atoms with E-state index in [1.54, 1.807) is 13.8 Å². The van der Waals surface area contributed by atoms with Gasteiger partial charge in [-0.15, -0.1) is 0 Å². The zero-order valence-corrected chi connectivity index (χ0v) is 4.16. The lowest BCUT2D eigenvalue weighted by Crippen LogP contribution is -3.00. The molecule has 0 aromatic carbocycles. The van der Waals surface area contributed by atoms with Gasteiger partial charge in [-0.2, -0.15) is 0 Å². The maximum Gasteiger partial charge on any atom is 0.0483 e. The van der Waals surface area contributed by atoms with Crippen molar-refractivity contribution in [2.24, 2.45) is 0 Å². The monoisotopic (exact) mass is 95.0 g/mol. The smallest absolute Gasteiger partial charge is 0.0483 e. The lowest BCUT2D eigenvalue weighted by molar-refractivity contribution is -0.00000343. The van der Waals surface area contributed by atoms with Crippen molar-refractivity contribution in [2.45, 2.75) is 20.0 Å². The third kappa shape index (κ3) is 344. The summed E-state index contributed by atoms with van der Waals surface area (Å²) in [5.41, 5.74) is 0. The minimum atomic E-state index is -0.167. The topological polar surface area (TPSA) is 20.2 Å². The first-order valence-electron chi connectivity index (χ1n) is 1.41. The van der Waals surface area contributed by atoms with Gasteiger partial charge in [-0.05, 0) is 13.8 Å². The molecule has 0 fully saturated rings. The molecule has 0 radical (unpaired) electrons. The summed E-state index contributed by atoms with van der Waals surface area (Å²) in [7, 11) is 0. The molecule has 0 atom stereocenters. The zero-order chi connectivity index (χ0) is 3.58. The van der Waals surface area contributed by atoms with Gasteiger partial charge in [0.15, 0.2) is 0 Å². The molecule has 0 aromatic heterocycles. The highest BCUT2D eigenvalue weighted by Gasteiger charge is 1.69. The Balaban J connectivity index is 0. The summed E-state index contributed by atoms with van der Waals surface area (Å²) in [6.45, 7) is 3.44. The second-order valence-corrected chi connectivity index (χ2v) is 1.09. The molecule has 0 heterocycles. The predicted molar refractivity (Wildman–Crippen MR) is 17.4 cm³/mol. The van der Waals surface area contributed by atoms with Crippen LogP contribution in [0.15, 0.2) is 0 Å². The predicted octanol–water partition coefficient (Wildman–Crippen LogP) is -2.61. The van der Waals surface area contributed by atoms with Crippen LogP contribution in [0.1, 0.15) is 13.8 Å². The minimum absolute atomic E-state index is 0. The molecule has 0 aliphatic carbocycles. The first-order valence-corrected chi connectivity index (χ1v) is 1.41. The highest BCUT2D eigenvalue weighted by molar-refractivity contribution is 4.20. The molecule has 0 rings (SSSR count). The van der Waals surface area contributed by atoms with Crippen LogP contribution < -0.4 is 12.4 Å². The van der Waals surface area contributed by atoms with E-state index < -0.39 is 0 Å². The second kappa shape index (κ2) is 4.25. The second-order valence-electron chi connectivity index (χ2n) is 1.09. The third-order valence-corrected chi connectivity index (χ3v) is 0. The SMILES string of the molecule is CC(C)O.[Cl-]. The van der Waals surface area contributed by atoms with Crippen molar-refractivity contribution in [3.8, 4) is 0 Å². The molecule has 34 valence electrons. The van der Waals surface area contributed by atoms with Gasteiger partial charge < -0.3 is 17.5 Å². The first-order chi connectivity index (χ1) is 1.73. The van der Waals surface area contributed by atoms with Crippen LogP contribution >= 0.6 is 0 Å². The van der Waals surface area contributed by atoms with Gasteiger partial charge in [-0.3, -0.25) is 0 Å². The van der Waals surface area contributed by atoms with Gasteiger partial charge >= 0.3 is 0 Å². The number of hydrogen-bond donors (Lipinski definition) is 1. The average Bonchev–Trinajstić information content (AvgIpc) is 0.811. The maximum atomic E-state index is 8.06. The van der Waals surface area contributed by atoms with Gasteiger partial charge in [0, 0.05) is 6.10 Å². The first kappa shape index (κ1) is 8.98. The number of aliphatic hydroxyl groups excluding tert-OH is 1. The largest absolute Gasteiger partial charge is 1.00 e. The Morgan fingerprint density at radius 1 is 1.40 bits per heavy atom. The van der Waals surface area contributed by atoms with Crippen LogP contribution in [0.2, 0.25) is 0 Å². The van der Waals surface area contributed by atoms with E-state index in [-0.39, 0.29) is 18.5 Å². The van der Waals surface area contributed by atoms with Crippen LogP contribution in [0.3, 0.4) is 0 Å². The normalized spacial score (nSPS) is 7.20. The molecular formula is C3H8ClO-. The Morgan fingerprint density at radius 2 is 1.40 bits per heavy atom. The fourth-order valence-corrected chi connectivity index (χ4v) is 0. The van der Waals surface area contributed by atoms with E-state index in [9.17, 15) is 0 Å². The Morgan fingerprint density at radius 3 is 1.40 bits per heavy atom. The van der Waals surface area contributed by atoms with Crippen molar-refractivity contribution < 1.29 is 17.5 Å². The molecule has 0 spiro atoms. The Kier molecular flexibility index (Phi) is 7.63. The summed E-state index contributed by atoms with van der Waals surface area (Å²) in [5.74, 6) is 0. The third-order valence-electron chi connectivity index (χ3n) is 0. The van der Waals surface area contributed by atoms with E-state index in [0.717, 1.165) is 0 Å². The molecule has 0 aliphatic rings. The number of aliphatic hydroxyl groups is 1. The quantitative estimate of drug-likeness (QED) is 0.350. The molecule has 0 bridgehead atoms. The lowest BCUT2D eigenvalue weighted by atomic mass is 10.5. The summed E-state index contributed by atoms with van der Waals surface area (Å²) in [6.07, 6.45) is -0.167. The number of hydrogen-bond acceptors (Lipinski definition) is 1. The highest BCUT2D eigenvalue weighted by atomic mass is 35.5. The Labute approximate surface area is 38.4 Å². The fourth-order valence-electron chi connectivity index (χ4n) is 0. The minimum Gasteiger partial charge on any atom is -1.00 e. The summed E-state index contributed by atoms with van der Waals surface area (Å²) < 4.78 is 0. The average molecular weight is 95.5 g/mol. The zero-order valence-electron chi connectivity index (χ0n) is 3.40. The van der Waals surface area contributed by atoms with Crippen molar-refractivity contribution in [1.29, 1.82) is 0 Å². The summed E-state index contributed by atoms with van der Waals surface area (Å²) in [5, 5.41) is 8.06. The summed E-state index contributed by atoms with van der Waals surface area (Å²) >= 11 is 0. The molecule has 5 heavy (non-hydrogen) atoms. The van der Waals surface area contributed by atoms with Gasteiger partial charge in [0.25, 0.3) is 0 Å². The van der Waals surface area contributed by atoms with E-state index in [1.165, 1.54) is 0 Å². The Bertz CT molecular complexity index is 11.6. The van der Waals surface area contributed by atoms with Crippen LogP contribution in [0.25, 0.3) is 0 Å². The van der Waals surface area contributed by atoms with Gasteiger partial charge in [0.05, 0.1) is 0 Å². The van der Waals surface area contributed by atoms with E-state index >= 15 is 0 Å². The van der Waals surface area contributed by atoms with E-state index in [4.69, 9.17) is 5.11 Å². The summed E-state index contributed by atoms with van der Waals surface area (Å²) in [4.78, 5) is 0. The van der Waals surface area contributed by atoms with Gasteiger partial charge in [-0.25, -0.2) is 0 Å². The Hall–Kier alpha value is 0.250. The van der Waals surface area contributed by atoms with E-state index in [2.05, 4.69) is 0 Å². The fraction of sp³-hybridized carbons (Fsp3) is 1.00. The van der Waals surface area contributed by atoms with Gasteiger partial charge in [0.1, 0.15) is 0 Å². The molecule has 0 saturated carbocycles. The highest BCUT2D eigenvalue weighted by Crippen LogP contribution is 1.65. The molecule has 0 unspecified atom stereocenters. The molecular weight excluding hydrogens is 87.5 g/mol. The van der Waals surface area contributed by atoms with Gasteiger partial charge in [0.2, 0.25) is 0 Å². The molecule has 0 aromatic rings. The van der Waals surface area contributed by atoms with Crippen LogP contribution in [0.4, 0.5) is 0 Å². The van der Waals surface area contributed by atoms with Crippen LogP contribution in [-0.2, 0) is 0 Å². The van der Waals surface area contributed by atoms with Crippen molar-refractivity contribution in [2.75, 3.05) is 0 Å².